The number of ether oxygens (including phenoxy) is 2. The highest BCUT2D eigenvalue weighted by Crippen LogP contribution is 2.09. The van der Waals surface area contributed by atoms with Crippen molar-refractivity contribution in [2.75, 3.05) is 20.9 Å². The Morgan fingerprint density at radius 3 is 2.33 bits per heavy atom. The van der Waals surface area contributed by atoms with Crippen LogP contribution in [-0.4, -0.2) is 37.8 Å². The Bertz CT molecular complexity index is 203. The van der Waals surface area contributed by atoms with Gasteiger partial charge in [-0.2, -0.15) is 0 Å². The lowest BCUT2D eigenvalue weighted by Gasteiger charge is -2.20. The molecule has 0 aliphatic heterocycles. The number of carboxylic acid groups (broad SMARTS) is 1. The molecule has 0 aliphatic carbocycles. The van der Waals surface area contributed by atoms with Gasteiger partial charge < -0.3 is 14.6 Å². The maximum atomic E-state index is 12.2. The van der Waals surface area contributed by atoms with Crippen LogP contribution >= 0.6 is 0 Å². The Morgan fingerprint density at radius 1 is 1.58 bits per heavy atom. The normalized spacial score (nSPS) is 10.2. The third-order valence-electron chi connectivity index (χ3n) is 1.20. The molecule has 0 bridgehead atoms. The van der Waals surface area contributed by atoms with Gasteiger partial charge in [-0.3, -0.25) is 0 Å². The van der Waals surface area contributed by atoms with E-state index < -0.39 is 18.4 Å². The predicted octanol–water partition coefficient (Wildman–Crippen LogP) is 0.0330. The van der Waals surface area contributed by atoms with Gasteiger partial charge in [0.05, 0.1) is 0 Å². The summed E-state index contributed by atoms with van der Waals surface area (Å²) in [5, 5.41) is 8.16. The molecule has 1 N–H and O–H groups in total. The van der Waals surface area contributed by atoms with Crippen molar-refractivity contribution in [1.82, 2.24) is 0 Å². The summed E-state index contributed by atoms with van der Waals surface area (Å²) in [6, 6.07) is 0. The van der Waals surface area contributed by atoms with Crippen LogP contribution in [0.15, 0.2) is 0 Å². The fraction of sp³-hybridized carbons (Fsp3) is 0.571. The van der Waals surface area contributed by atoms with Crippen molar-refractivity contribution in [3.05, 3.63) is 0 Å². The second-order valence-electron chi connectivity index (χ2n) is 1.85. The zero-order chi connectivity index (χ0) is 9.61. The van der Waals surface area contributed by atoms with E-state index in [4.69, 9.17) is 5.11 Å². The number of aliphatic carboxylic acids is 1. The van der Waals surface area contributed by atoms with Crippen molar-refractivity contribution in [1.29, 1.82) is 0 Å². The highest BCUT2D eigenvalue weighted by molar-refractivity contribution is 5.86. The van der Waals surface area contributed by atoms with Gasteiger partial charge in [0, 0.05) is 20.1 Å². The standard InChI is InChI=1S/C7H9FO4/c1-11-7(5-8,12-2)4-3-6(9)10/h5H2,1-2H3,(H,9,10). The predicted molar refractivity (Wildman–Crippen MR) is 38.1 cm³/mol. The summed E-state index contributed by atoms with van der Waals surface area (Å²) in [5.74, 6) is 0.618. The Hall–Kier alpha value is -1.12. The summed E-state index contributed by atoms with van der Waals surface area (Å²) in [6.45, 7) is -1.03. The van der Waals surface area contributed by atoms with Gasteiger partial charge in [-0.05, 0) is 5.92 Å². The molecule has 4 nitrogen and oxygen atoms in total. The first kappa shape index (κ1) is 10.9. The van der Waals surface area contributed by atoms with Gasteiger partial charge in [0.1, 0.15) is 0 Å². The minimum absolute atomic E-state index is 1.03. The number of hydrogen-bond donors (Lipinski definition) is 1. The average molecular weight is 176 g/mol. The average Bonchev–Trinajstić information content (AvgIpc) is 2.08. The van der Waals surface area contributed by atoms with E-state index in [1.807, 2.05) is 5.92 Å². The zero-order valence-electron chi connectivity index (χ0n) is 6.76. The highest BCUT2D eigenvalue weighted by Gasteiger charge is 2.27. The van der Waals surface area contributed by atoms with E-state index in [0.717, 1.165) is 0 Å². The number of halogens is 1. The molecule has 0 amide bonds. The van der Waals surface area contributed by atoms with Gasteiger partial charge in [-0.25, -0.2) is 9.18 Å². The van der Waals surface area contributed by atoms with Crippen LogP contribution in [0.25, 0.3) is 0 Å². The van der Waals surface area contributed by atoms with Crippen LogP contribution < -0.4 is 0 Å². The lowest BCUT2D eigenvalue weighted by molar-refractivity contribution is -0.171. The van der Waals surface area contributed by atoms with Crippen LogP contribution in [0.1, 0.15) is 0 Å². The minimum Gasteiger partial charge on any atom is -0.472 e. The molecule has 0 fully saturated rings. The first-order valence-electron chi connectivity index (χ1n) is 3.02. The summed E-state index contributed by atoms with van der Waals surface area (Å²) < 4.78 is 21.3. The molecule has 0 saturated heterocycles. The van der Waals surface area contributed by atoms with E-state index in [0.29, 0.717) is 0 Å². The summed E-state index contributed by atoms with van der Waals surface area (Å²) in [6.07, 6.45) is 0. The van der Waals surface area contributed by atoms with E-state index in [1.54, 1.807) is 5.92 Å². The zero-order valence-corrected chi connectivity index (χ0v) is 6.76. The molecule has 0 aromatic carbocycles. The summed E-state index contributed by atoms with van der Waals surface area (Å²) in [4.78, 5) is 9.99. The van der Waals surface area contributed by atoms with Crippen LogP contribution in [0.2, 0.25) is 0 Å². The first-order valence-corrected chi connectivity index (χ1v) is 3.02. The monoisotopic (exact) mass is 176 g/mol. The van der Waals surface area contributed by atoms with E-state index in [-0.39, 0.29) is 0 Å². The van der Waals surface area contributed by atoms with Crippen molar-refractivity contribution in [2.24, 2.45) is 0 Å². The van der Waals surface area contributed by atoms with Gasteiger partial charge >= 0.3 is 5.97 Å². The van der Waals surface area contributed by atoms with Crippen molar-refractivity contribution in [3.63, 3.8) is 0 Å². The number of hydrogen-bond acceptors (Lipinski definition) is 3. The quantitative estimate of drug-likeness (QED) is 0.487. The second kappa shape index (κ2) is 4.70. The fourth-order valence-electron chi connectivity index (χ4n) is 0.477. The Kier molecular flexibility index (Phi) is 4.26. The molecule has 0 radical (unpaired) electrons. The molecule has 0 aromatic rings. The molecule has 68 valence electrons. The first-order chi connectivity index (χ1) is 5.60. The number of carbonyl (C=O) groups is 1. The lowest BCUT2D eigenvalue weighted by Crippen LogP contribution is -2.34. The number of methoxy groups -OCH3 is 2. The Balaban J connectivity index is 4.54. The summed E-state index contributed by atoms with van der Waals surface area (Å²) in [5.41, 5.74) is 0. The van der Waals surface area contributed by atoms with E-state index >= 15 is 0 Å². The molecule has 0 unspecified atom stereocenters. The fourth-order valence-corrected chi connectivity index (χ4v) is 0.477. The van der Waals surface area contributed by atoms with Crippen molar-refractivity contribution >= 4 is 5.97 Å². The number of carboxylic acids is 1. The van der Waals surface area contributed by atoms with E-state index in [9.17, 15) is 9.18 Å². The van der Waals surface area contributed by atoms with Crippen molar-refractivity contribution < 1.29 is 23.8 Å². The van der Waals surface area contributed by atoms with Crippen LogP contribution in [0, 0.1) is 11.8 Å². The Labute approximate surface area is 69.3 Å². The highest BCUT2D eigenvalue weighted by atomic mass is 19.1. The summed E-state index contributed by atoms with van der Waals surface area (Å²) in [7, 11) is 2.36. The second-order valence-corrected chi connectivity index (χ2v) is 1.85. The third kappa shape index (κ3) is 2.86. The molecule has 0 saturated carbocycles. The van der Waals surface area contributed by atoms with Gasteiger partial charge in [-0.15, -0.1) is 0 Å². The number of alkyl halides is 1. The maximum absolute atomic E-state index is 12.2. The minimum atomic E-state index is -1.75. The van der Waals surface area contributed by atoms with Gasteiger partial charge in [0.25, 0.3) is 5.79 Å². The largest absolute Gasteiger partial charge is 0.472 e. The van der Waals surface area contributed by atoms with Gasteiger partial charge in [0.15, 0.2) is 6.67 Å². The molecule has 0 spiro atoms. The molecule has 0 heterocycles. The molecule has 0 atom stereocenters. The van der Waals surface area contributed by atoms with Gasteiger partial charge in [-0.1, -0.05) is 0 Å². The van der Waals surface area contributed by atoms with E-state index in [2.05, 4.69) is 9.47 Å². The maximum Gasteiger partial charge on any atom is 0.382 e. The summed E-state index contributed by atoms with van der Waals surface area (Å²) >= 11 is 0. The number of rotatable bonds is 3. The SMILES string of the molecule is COC(C#CC(=O)O)(CF)OC. The molecular formula is C7H9FO4. The molecule has 5 heteroatoms. The molecule has 0 rings (SSSR count). The third-order valence-corrected chi connectivity index (χ3v) is 1.20. The molecule has 12 heavy (non-hydrogen) atoms. The van der Waals surface area contributed by atoms with Crippen LogP contribution in [0.4, 0.5) is 4.39 Å². The lowest BCUT2D eigenvalue weighted by atomic mass is 10.3. The topological polar surface area (TPSA) is 55.8 Å². The van der Waals surface area contributed by atoms with Crippen LogP contribution in [0.5, 0.6) is 0 Å². The van der Waals surface area contributed by atoms with Crippen molar-refractivity contribution in [3.8, 4) is 11.8 Å². The molecule has 0 aliphatic rings. The van der Waals surface area contributed by atoms with Gasteiger partial charge in [0.2, 0.25) is 0 Å². The Morgan fingerprint density at radius 2 is 2.08 bits per heavy atom. The van der Waals surface area contributed by atoms with Crippen LogP contribution in [0.3, 0.4) is 0 Å². The smallest absolute Gasteiger partial charge is 0.382 e. The van der Waals surface area contributed by atoms with Crippen LogP contribution in [-0.2, 0) is 14.3 Å². The molecular weight excluding hydrogens is 167 g/mol. The molecule has 0 aromatic heterocycles. The van der Waals surface area contributed by atoms with E-state index in [1.165, 1.54) is 14.2 Å². The van der Waals surface area contributed by atoms with Crippen molar-refractivity contribution in [2.45, 2.75) is 5.79 Å².